The minimum atomic E-state index is -3.95. The summed E-state index contributed by atoms with van der Waals surface area (Å²) in [4.78, 5) is 11.4. The Morgan fingerprint density at radius 2 is 1.30 bits per heavy atom. The molecule has 1 N–H and O–H groups in total. The molecule has 0 aliphatic carbocycles. The number of carbonyl (C=O) groups excluding carboxylic acids is 1. The normalized spacial score (nSPS) is 11.6. The zero-order valence-electron chi connectivity index (χ0n) is 14.6. The van der Waals surface area contributed by atoms with Crippen molar-refractivity contribution in [2.45, 2.75) is 90.4 Å². The molecule has 0 saturated carbocycles. The molecular weight excluding hydrogens is 316 g/mol. The molecule has 6 heteroatoms. The molecule has 0 aromatic heterocycles. The molecule has 0 bridgehead atoms. The second-order valence-electron chi connectivity index (χ2n) is 6.15. The van der Waals surface area contributed by atoms with E-state index in [0.717, 1.165) is 19.3 Å². The standard InChI is InChI=1S/C17H34O5S/c1-2-3-4-5-6-7-8-9-10-11-12-14-17(18)22-15-13-16-23(19,20)21/h2-16H2,1H3,(H,19,20,21). The van der Waals surface area contributed by atoms with Crippen LogP contribution >= 0.6 is 0 Å². The van der Waals surface area contributed by atoms with Crippen LogP contribution in [0, 0.1) is 0 Å². The highest BCUT2D eigenvalue weighted by Crippen LogP contribution is 2.12. The van der Waals surface area contributed by atoms with Crippen LogP contribution in [0.1, 0.15) is 90.4 Å². The molecule has 0 aliphatic heterocycles. The van der Waals surface area contributed by atoms with Crippen LogP contribution in [0.25, 0.3) is 0 Å². The lowest BCUT2D eigenvalue weighted by atomic mass is 10.1. The molecule has 23 heavy (non-hydrogen) atoms. The van der Waals surface area contributed by atoms with E-state index in [-0.39, 0.29) is 24.7 Å². The maximum atomic E-state index is 11.4. The van der Waals surface area contributed by atoms with Gasteiger partial charge in [-0.3, -0.25) is 9.35 Å². The number of unbranched alkanes of at least 4 members (excludes halogenated alkanes) is 10. The fourth-order valence-electron chi connectivity index (χ4n) is 2.43. The van der Waals surface area contributed by atoms with Crippen LogP contribution in [0.4, 0.5) is 0 Å². The third-order valence-corrected chi connectivity index (χ3v) is 4.60. The van der Waals surface area contributed by atoms with E-state index < -0.39 is 10.1 Å². The Kier molecular flexibility index (Phi) is 14.5. The van der Waals surface area contributed by atoms with Gasteiger partial charge in [0.05, 0.1) is 12.4 Å². The summed E-state index contributed by atoms with van der Waals surface area (Å²) in [5.74, 6) is -0.644. The summed E-state index contributed by atoms with van der Waals surface area (Å²) in [6, 6.07) is 0. The van der Waals surface area contributed by atoms with Gasteiger partial charge < -0.3 is 4.74 Å². The topological polar surface area (TPSA) is 80.7 Å². The molecule has 0 rings (SSSR count). The first kappa shape index (κ1) is 22.4. The van der Waals surface area contributed by atoms with Crippen molar-refractivity contribution in [3.05, 3.63) is 0 Å². The minimum absolute atomic E-state index is 0.0522. The second-order valence-corrected chi connectivity index (χ2v) is 7.72. The van der Waals surface area contributed by atoms with Crippen LogP contribution in [-0.4, -0.2) is 31.3 Å². The Labute approximate surface area is 141 Å². The van der Waals surface area contributed by atoms with Crippen molar-refractivity contribution in [2.75, 3.05) is 12.4 Å². The van der Waals surface area contributed by atoms with Crippen molar-refractivity contribution in [3.8, 4) is 0 Å². The van der Waals surface area contributed by atoms with E-state index in [9.17, 15) is 13.2 Å². The smallest absolute Gasteiger partial charge is 0.305 e. The first-order chi connectivity index (χ1) is 11.0. The molecule has 5 nitrogen and oxygen atoms in total. The summed E-state index contributed by atoms with van der Waals surface area (Å²) in [5.41, 5.74) is 0. The van der Waals surface area contributed by atoms with E-state index in [1.165, 1.54) is 51.4 Å². The van der Waals surface area contributed by atoms with Crippen molar-refractivity contribution < 1.29 is 22.5 Å². The molecular formula is C17H34O5S. The predicted molar refractivity (Wildman–Crippen MR) is 93.1 cm³/mol. The largest absolute Gasteiger partial charge is 0.466 e. The fraction of sp³-hybridized carbons (Fsp3) is 0.941. The molecule has 0 aromatic rings. The van der Waals surface area contributed by atoms with Crippen molar-refractivity contribution in [1.29, 1.82) is 0 Å². The van der Waals surface area contributed by atoms with Crippen LogP contribution in [-0.2, 0) is 19.6 Å². The molecule has 0 amide bonds. The van der Waals surface area contributed by atoms with Crippen LogP contribution in [0.2, 0.25) is 0 Å². The van der Waals surface area contributed by atoms with Gasteiger partial charge in [0.25, 0.3) is 10.1 Å². The summed E-state index contributed by atoms with van der Waals surface area (Å²) in [6.45, 7) is 2.28. The van der Waals surface area contributed by atoms with E-state index in [1.54, 1.807) is 0 Å². The zero-order chi connectivity index (χ0) is 17.4. The molecule has 0 heterocycles. The van der Waals surface area contributed by atoms with E-state index in [0.29, 0.717) is 6.42 Å². The van der Waals surface area contributed by atoms with Crippen molar-refractivity contribution in [2.24, 2.45) is 0 Å². The summed E-state index contributed by atoms with van der Waals surface area (Å²) >= 11 is 0. The van der Waals surface area contributed by atoms with Gasteiger partial charge in [0.1, 0.15) is 0 Å². The van der Waals surface area contributed by atoms with Crippen LogP contribution in [0.15, 0.2) is 0 Å². The maximum Gasteiger partial charge on any atom is 0.305 e. The average molecular weight is 351 g/mol. The van der Waals surface area contributed by atoms with Crippen molar-refractivity contribution in [3.63, 3.8) is 0 Å². The molecule has 0 radical (unpaired) electrons. The Bertz CT molecular complexity index is 378. The van der Waals surface area contributed by atoms with Gasteiger partial charge >= 0.3 is 5.97 Å². The van der Waals surface area contributed by atoms with E-state index >= 15 is 0 Å². The highest BCUT2D eigenvalue weighted by Gasteiger charge is 2.06. The number of hydrogen-bond donors (Lipinski definition) is 1. The zero-order valence-corrected chi connectivity index (χ0v) is 15.4. The fourth-order valence-corrected chi connectivity index (χ4v) is 2.92. The average Bonchev–Trinajstić information content (AvgIpc) is 2.48. The Morgan fingerprint density at radius 1 is 0.826 bits per heavy atom. The van der Waals surface area contributed by atoms with E-state index in [1.807, 2.05) is 0 Å². The van der Waals surface area contributed by atoms with Crippen molar-refractivity contribution >= 4 is 16.1 Å². The summed E-state index contributed by atoms with van der Waals surface area (Å²) in [6.07, 6.45) is 14.1. The van der Waals surface area contributed by atoms with Crippen LogP contribution in [0.3, 0.4) is 0 Å². The Morgan fingerprint density at radius 3 is 1.78 bits per heavy atom. The first-order valence-electron chi connectivity index (χ1n) is 9.06. The van der Waals surface area contributed by atoms with Gasteiger partial charge in [0.2, 0.25) is 0 Å². The highest BCUT2D eigenvalue weighted by atomic mass is 32.2. The van der Waals surface area contributed by atoms with Crippen molar-refractivity contribution in [1.82, 2.24) is 0 Å². The number of hydrogen-bond acceptors (Lipinski definition) is 4. The predicted octanol–water partition coefficient (Wildman–Crippen LogP) is 4.51. The third kappa shape index (κ3) is 19.3. The lowest BCUT2D eigenvalue weighted by Crippen LogP contribution is -2.10. The molecule has 0 unspecified atom stereocenters. The van der Waals surface area contributed by atoms with Gasteiger partial charge in [-0.2, -0.15) is 8.42 Å². The summed E-state index contributed by atoms with van der Waals surface area (Å²) in [7, 11) is -3.95. The molecule has 0 fully saturated rings. The SMILES string of the molecule is CCCCCCCCCCCCCC(=O)OCCCS(=O)(=O)O. The van der Waals surface area contributed by atoms with Gasteiger partial charge in [0, 0.05) is 6.42 Å². The van der Waals surface area contributed by atoms with E-state index in [2.05, 4.69) is 6.92 Å². The third-order valence-electron chi connectivity index (χ3n) is 3.79. The van der Waals surface area contributed by atoms with Gasteiger partial charge in [-0.15, -0.1) is 0 Å². The Hall–Kier alpha value is -0.620. The molecule has 0 spiro atoms. The van der Waals surface area contributed by atoms with Crippen LogP contribution < -0.4 is 0 Å². The highest BCUT2D eigenvalue weighted by molar-refractivity contribution is 7.85. The maximum absolute atomic E-state index is 11.4. The minimum Gasteiger partial charge on any atom is -0.466 e. The number of esters is 1. The molecule has 0 atom stereocenters. The molecule has 0 saturated heterocycles. The van der Waals surface area contributed by atoms with Gasteiger partial charge in [-0.05, 0) is 12.8 Å². The van der Waals surface area contributed by atoms with Crippen LogP contribution in [0.5, 0.6) is 0 Å². The number of ether oxygens (including phenoxy) is 1. The lowest BCUT2D eigenvalue weighted by molar-refractivity contribution is -0.143. The number of carbonyl (C=O) groups is 1. The molecule has 0 aromatic carbocycles. The second kappa shape index (κ2) is 14.9. The first-order valence-corrected chi connectivity index (χ1v) is 10.7. The quantitative estimate of drug-likeness (QED) is 0.252. The van der Waals surface area contributed by atoms with Gasteiger partial charge in [-0.25, -0.2) is 0 Å². The van der Waals surface area contributed by atoms with Gasteiger partial charge in [-0.1, -0.05) is 71.1 Å². The Balaban J connectivity index is 3.23. The summed E-state index contributed by atoms with van der Waals surface area (Å²) < 4.78 is 34.4. The summed E-state index contributed by atoms with van der Waals surface area (Å²) in [5, 5.41) is 0. The van der Waals surface area contributed by atoms with Gasteiger partial charge in [0.15, 0.2) is 0 Å². The monoisotopic (exact) mass is 350 g/mol. The lowest BCUT2D eigenvalue weighted by Gasteiger charge is -2.04. The molecule has 0 aliphatic rings. The number of rotatable bonds is 16. The van der Waals surface area contributed by atoms with E-state index in [4.69, 9.17) is 9.29 Å². The molecule has 138 valence electrons.